The third-order valence-corrected chi connectivity index (χ3v) is 1.83. The Kier molecular flexibility index (Phi) is 3.14. The van der Waals surface area contributed by atoms with Crippen LogP contribution in [-0.2, 0) is 4.79 Å². The molecule has 0 radical (unpaired) electrons. The van der Waals surface area contributed by atoms with E-state index >= 15 is 0 Å². The molecule has 3 N–H and O–H groups in total. The molecule has 14 heavy (non-hydrogen) atoms. The van der Waals surface area contributed by atoms with Gasteiger partial charge in [-0.25, -0.2) is 8.78 Å². The van der Waals surface area contributed by atoms with Crippen molar-refractivity contribution in [3.63, 3.8) is 0 Å². The maximum absolute atomic E-state index is 13.1. The van der Waals surface area contributed by atoms with Crippen molar-refractivity contribution < 1.29 is 13.6 Å². The maximum Gasteiger partial charge on any atom is 0.241 e. The van der Waals surface area contributed by atoms with Crippen molar-refractivity contribution in [1.29, 1.82) is 0 Å². The van der Waals surface area contributed by atoms with Gasteiger partial charge in [-0.3, -0.25) is 4.79 Å². The molecule has 76 valence electrons. The molecule has 0 aliphatic rings. The van der Waals surface area contributed by atoms with E-state index in [0.717, 1.165) is 12.1 Å². The first-order valence-corrected chi connectivity index (χ1v) is 3.98. The number of halogens is 2. The molecular formula is C9H10F2N2O. The number of benzene rings is 1. The fourth-order valence-corrected chi connectivity index (χ4v) is 1.05. The summed E-state index contributed by atoms with van der Waals surface area (Å²) in [6.07, 6.45) is 0. The Bertz CT molecular complexity index is 355. The zero-order valence-electron chi connectivity index (χ0n) is 7.55. The molecule has 1 amide bonds. The minimum Gasteiger partial charge on any atom is -0.358 e. The number of amides is 1. The molecule has 0 heterocycles. The monoisotopic (exact) mass is 200 g/mol. The summed E-state index contributed by atoms with van der Waals surface area (Å²) in [5.74, 6) is -2.04. The molecule has 0 bridgehead atoms. The van der Waals surface area contributed by atoms with Crippen LogP contribution in [0.5, 0.6) is 0 Å². The van der Waals surface area contributed by atoms with Crippen LogP contribution < -0.4 is 11.1 Å². The molecule has 0 fully saturated rings. The smallest absolute Gasteiger partial charge is 0.241 e. The van der Waals surface area contributed by atoms with Crippen LogP contribution in [0, 0.1) is 11.6 Å². The highest BCUT2D eigenvalue weighted by Gasteiger charge is 2.18. The van der Waals surface area contributed by atoms with E-state index in [0.29, 0.717) is 6.07 Å². The lowest BCUT2D eigenvalue weighted by molar-refractivity contribution is -0.122. The Morgan fingerprint density at radius 3 is 2.64 bits per heavy atom. The number of hydrogen-bond acceptors (Lipinski definition) is 2. The molecule has 0 saturated carbocycles. The molecular weight excluding hydrogens is 190 g/mol. The van der Waals surface area contributed by atoms with Gasteiger partial charge in [0.2, 0.25) is 5.91 Å². The molecule has 1 atom stereocenters. The van der Waals surface area contributed by atoms with Crippen LogP contribution in [0.15, 0.2) is 18.2 Å². The molecule has 0 aliphatic heterocycles. The first-order chi connectivity index (χ1) is 6.56. The van der Waals surface area contributed by atoms with E-state index < -0.39 is 23.6 Å². The molecule has 1 aromatic carbocycles. The molecule has 5 heteroatoms. The van der Waals surface area contributed by atoms with Crippen LogP contribution in [0.2, 0.25) is 0 Å². The highest BCUT2D eigenvalue weighted by atomic mass is 19.1. The first-order valence-electron chi connectivity index (χ1n) is 3.98. The van der Waals surface area contributed by atoms with Crippen molar-refractivity contribution in [3.05, 3.63) is 35.4 Å². The Labute approximate surface area is 79.9 Å². The molecule has 1 aromatic rings. The van der Waals surface area contributed by atoms with Crippen LogP contribution in [-0.4, -0.2) is 13.0 Å². The van der Waals surface area contributed by atoms with E-state index in [1.807, 2.05) is 0 Å². The minimum atomic E-state index is -1.11. The van der Waals surface area contributed by atoms with Gasteiger partial charge in [-0.05, 0) is 6.07 Å². The van der Waals surface area contributed by atoms with E-state index in [-0.39, 0.29) is 5.56 Å². The van der Waals surface area contributed by atoms with Gasteiger partial charge in [0.25, 0.3) is 0 Å². The highest BCUT2D eigenvalue weighted by Crippen LogP contribution is 2.15. The first kappa shape index (κ1) is 10.6. The number of likely N-dealkylation sites (N-methyl/N-ethyl adjacent to an activating group) is 1. The molecule has 0 saturated heterocycles. The summed E-state index contributed by atoms with van der Waals surface area (Å²) in [6, 6.07) is 1.80. The standard InChI is InChI=1S/C9H10F2N2O/c1-13-9(14)8(12)6-3-2-5(10)4-7(6)11/h2-4,8H,12H2,1H3,(H,13,14). The van der Waals surface area contributed by atoms with Gasteiger partial charge in [-0.2, -0.15) is 0 Å². The summed E-state index contributed by atoms with van der Waals surface area (Å²) in [7, 11) is 1.39. The SMILES string of the molecule is CNC(=O)C(N)c1ccc(F)cc1F. The molecule has 1 rings (SSSR count). The van der Waals surface area contributed by atoms with E-state index in [2.05, 4.69) is 5.32 Å². The largest absolute Gasteiger partial charge is 0.358 e. The summed E-state index contributed by atoms with van der Waals surface area (Å²) in [4.78, 5) is 11.1. The molecule has 0 aliphatic carbocycles. The zero-order chi connectivity index (χ0) is 10.7. The van der Waals surface area contributed by atoms with E-state index in [1.165, 1.54) is 7.05 Å². The molecule has 3 nitrogen and oxygen atoms in total. The van der Waals surface area contributed by atoms with Gasteiger partial charge in [0.15, 0.2) is 0 Å². The number of hydrogen-bond donors (Lipinski definition) is 2. The van der Waals surface area contributed by atoms with Gasteiger partial charge >= 0.3 is 0 Å². The summed E-state index contributed by atoms with van der Waals surface area (Å²) < 4.78 is 25.6. The average Bonchev–Trinajstić information content (AvgIpc) is 2.15. The number of nitrogens with one attached hydrogen (secondary N) is 1. The van der Waals surface area contributed by atoms with Crippen LogP contribution in [0.25, 0.3) is 0 Å². The Hall–Kier alpha value is -1.49. The van der Waals surface area contributed by atoms with Crippen molar-refractivity contribution in [2.45, 2.75) is 6.04 Å². The van der Waals surface area contributed by atoms with Gasteiger partial charge < -0.3 is 11.1 Å². The topological polar surface area (TPSA) is 55.1 Å². The van der Waals surface area contributed by atoms with Crippen molar-refractivity contribution in [3.8, 4) is 0 Å². The second-order valence-corrected chi connectivity index (χ2v) is 2.76. The van der Waals surface area contributed by atoms with Gasteiger partial charge in [0, 0.05) is 18.7 Å². The van der Waals surface area contributed by atoms with E-state index in [9.17, 15) is 13.6 Å². The van der Waals surface area contributed by atoms with Gasteiger partial charge in [0.05, 0.1) is 0 Å². The van der Waals surface area contributed by atoms with Crippen LogP contribution in [0.3, 0.4) is 0 Å². The number of rotatable bonds is 2. The summed E-state index contributed by atoms with van der Waals surface area (Å²) >= 11 is 0. The van der Waals surface area contributed by atoms with Crippen molar-refractivity contribution in [2.24, 2.45) is 5.73 Å². The van der Waals surface area contributed by atoms with Crippen LogP contribution >= 0.6 is 0 Å². The zero-order valence-corrected chi connectivity index (χ0v) is 7.55. The van der Waals surface area contributed by atoms with Crippen molar-refractivity contribution in [2.75, 3.05) is 7.05 Å². The normalized spacial score (nSPS) is 12.3. The van der Waals surface area contributed by atoms with Crippen molar-refractivity contribution >= 4 is 5.91 Å². The Morgan fingerprint density at radius 1 is 1.50 bits per heavy atom. The lowest BCUT2D eigenvalue weighted by Crippen LogP contribution is -2.32. The van der Waals surface area contributed by atoms with Gasteiger partial charge in [-0.15, -0.1) is 0 Å². The molecule has 0 aromatic heterocycles. The Balaban J connectivity index is 3.01. The lowest BCUT2D eigenvalue weighted by Gasteiger charge is -2.10. The number of carbonyl (C=O) groups excluding carboxylic acids is 1. The second-order valence-electron chi connectivity index (χ2n) is 2.76. The molecule has 0 spiro atoms. The third-order valence-electron chi connectivity index (χ3n) is 1.83. The third kappa shape index (κ3) is 2.05. The summed E-state index contributed by atoms with van der Waals surface area (Å²) in [6.45, 7) is 0. The fourth-order valence-electron chi connectivity index (χ4n) is 1.05. The number of nitrogens with two attached hydrogens (primary N) is 1. The highest BCUT2D eigenvalue weighted by molar-refractivity contribution is 5.82. The fraction of sp³-hybridized carbons (Fsp3) is 0.222. The lowest BCUT2D eigenvalue weighted by atomic mass is 10.1. The maximum atomic E-state index is 13.1. The predicted octanol–water partition coefficient (Wildman–Crippen LogP) is 0.711. The average molecular weight is 200 g/mol. The van der Waals surface area contributed by atoms with Crippen LogP contribution in [0.4, 0.5) is 8.78 Å². The quantitative estimate of drug-likeness (QED) is 0.738. The minimum absolute atomic E-state index is 0.0225. The summed E-state index contributed by atoms with van der Waals surface area (Å²) in [5, 5.41) is 2.28. The van der Waals surface area contributed by atoms with Gasteiger partial charge in [0.1, 0.15) is 17.7 Å². The van der Waals surface area contributed by atoms with Crippen LogP contribution in [0.1, 0.15) is 11.6 Å². The van der Waals surface area contributed by atoms with Gasteiger partial charge in [-0.1, -0.05) is 6.07 Å². The second kappa shape index (κ2) is 4.15. The molecule has 1 unspecified atom stereocenters. The predicted molar refractivity (Wildman–Crippen MR) is 47.4 cm³/mol. The number of carbonyl (C=O) groups is 1. The summed E-state index contributed by atoms with van der Waals surface area (Å²) in [5.41, 5.74) is 5.40. The van der Waals surface area contributed by atoms with Crippen molar-refractivity contribution in [1.82, 2.24) is 5.32 Å². The van der Waals surface area contributed by atoms with E-state index in [4.69, 9.17) is 5.73 Å². The Morgan fingerprint density at radius 2 is 2.14 bits per heavy atom. The van der Waals surface area contributed by atoms with E-state index in [1.54, 1.807) is 0 Å².